The monoisotopic (exact) mass is 400 g/mol. The van der Waals surface area contributed by atoms with Crippen LogP contribution in [-0.4, -0.2) is 51.7 Å². The first kappa shape index (κ1) is 22.3. The van der Waals surface area contributed by atoms with E-state index in [4.69, 9.17) is 20.9 Å². The van der Waals surface area contributed by atoms with Crippen LogP contribution >= 0.6 is 0 Å². The van der Waals surface area contributed by atoms with Gasteiger partial charge in [-0.3, -0.25) is 9.36 Å². The highest BCUT2D eigenvalue weighted by molar-refractivity contribution is 5.69. The van der Waals surface area contributed by atoms with Gasteiger partial charge in [-0.1, -0.05) is 32.6 Å². The molecule has 2 rings (SSSR count). The molecule has 1 aliphatic heterocycles. The Morgan fingerprint density at radius 2 is 2.14 bits per heavy atom. The summed E-state index contributed by atoms with van der Waals surface area (Å²) in [6, 6.07) is 1.31. The van der Waals surface area contributed by atoms with Gasteiger partial charge in [0, 0.05) is 19.2 Å². The van der Waals surface area contributed by atoms with Crippen molar-refractivity contribution in [2.45, 2.75) is 69.6 Å². The molecule has 0 saturated carbocycles. The lowest BCUT2D eigenvalue weighted by Crippen LogP contribution is -2.52. The van der Waals surface area contributed by atoms with Crippen molar-refractivity contribution in [3.8, 4) is 0 Å². The highest BCUT2D eigenvalue weighted by Gasteiger charge is 2.56. The molecule has 1 aliphatic rings. The molecule has 0 spiro atoms. The zero-order valence-corrected chi connectivity index (χ0v) is 16.1. The predicted molar refractivity (Wildman–Crippen MR) is 100 cm³/mol. The molecular formula is C18H29FN4O5. The van der Waals surface area contributed by atoms with Gasteiger partial charge in [0.1, 0.15) is 24.1 Å². The van der Waals surface area contributed by atoms with Crippen LogP contribution in [0.2, 0.25) is 0 Å². The zero-order chi connectivity index (χ0) is 20.7. The minimum Gasteiger partial charge on any atom is -0.462 e. The topological polar surface area (TPSA) is 143 Å². The van der Waals surface area contributed by atoms with E-state index in [-0.39, 0.29) is 18.8 Å². The van der Waals surface area contributed by atoms with Gasteiger partial charge >= 0.3 is 11.7 Å². The normalized spacial score (nSPS) is 27.1. The number of aliphatic hydroxyl groups is 1. The number of aromatic nitrogens is 2. The second kappa shape index (κ2) is 9.94. The first-order valence-corrected chi connectivity index (χ1v) is 9.55. The fourth-order valence-corrected chi connectivity index (χ4v) is 3.15. The smallest absolute Gasteiger partial charge is 0.351 e. The minimum atomic E-state index is -1.96. The van der Waals surface area contributed by atoms with Crippen LogP contribution in [-0.2, 0) is 14.3 Å². The Hall–Kier alpha value is -2.04. The third-order valence-corrected chi connectivity index (χ3v) is 4.90. The summed E-state index contributed by atoms with van der Waals surface area (Å²) in [5.74, 6) is -0.488. The van der Waals surface area contributed by atoms with Crippen molar-refractivity contribution in [3.63, 3.8) is 0 Å². The van der Waals surface area contributed by atoms with E-state index in [0.29, 0.717) is 6.42 Å². The van der Waals surface area contributed by atoms with Crippen LogP contribution in [0.5, 0.6) is 0 Å². The van der Waals surface area contributed by atoms with Gasteiger partial charge in [-0.2, -0.15) is 4.98 Å². The minimum absolute atomic E-state index is 0.0202. The van der Waals surface area contributed by atoms with Crippen LogP contribution in [0, 0.1) is 0 Å². The number of aliphatic hydroxyl groups excluding tert-OH is 1. The molecule has 0 radical (unpaired) electrons. The van der Waals surface area contributed by atoms with Crippen molar-refractivity contribution in [2.24, 2.45) is 5.73 Å². The van der Waals surface area contributed by atoms with E-state index in [1.54, 1.807) is 0 Å². The number of hydrogen-bond acceptors (Lipinski definition) is 8. The van der Waals surface area contributed by atoms with Crippen molar-refractivity contribution < 1.29 is 23.8 Å². The fraction of sp³-hybridized carbons (Fsp3) is 0.722. The Morgan fingerprint density at radius 1 is 1.43 bits per heavy atom. The maximum atomic E-state index is 14.7. The number of anilines is 1. The SMILES string of the molecule is CCCCCCCC(=O)OC[C@@]1(CN)OC(n2ccc(N)nc2=O)[C@H](F)[C@@H]1O. The first-order chi connectivity index (χ1) is 13.3. The van der Waals surface area contributed by atoms with Crippen molar-refractivity contribution in [2.75, 3.05) is 18.9 Å². The van der Waals surface area contributed by atoms with Crippen LogP contribution in [0.15, 0.2) is 17.1 Å². The van der Waals surface area contributed by atoms with Gasteiger partial charge < -0.3 is 26.0 Å². The first-order valence-electron chi connectivity index (χ1n) is 9.55. The quantitative estimate of drug-likeness (QED) is 0.384. The molecule has 0 amide bonds. The molecule has 10 heteroatoms. The summed E-state index contributed by atoms with van der Waals surface area (Å²) in [6.45, 7) is 1.39. The lowest BCUT2D eigenvalue weighted by Gasteiger charge is -2.29. The van der Waals surface area contributed by atoms with Crippen molar-refractivity contribution >= 4 is 11.8 Å². The summed E-state index contributed by atoms with van der Waals surface area (Å²) in [4.78, 5) is 27.4. The molecule has 4 atom stereocenters. The summed E-state index contributed by atoms with van der Waals surface area (Å²) in [7, 11) is 0. The standard InChI is InChI=1S/C18H29FN4O5/c1-2-3-4-5-6-7-13(24)27-11-18(10-20)15(25)14(19)16(28-18)23-9-8-12(21)22-17(23)26/h8-9,14-16,25H,2-7,10-11,20H2,1H3,(H2,21,22,26)/t14-,15+,16?,18-/m1/s1. The van der Waals surface area contributed by atoms with Crippen molar-refractivity contribution in [1.29, 1.82) is 0 Å². The fourth-order valence-electron chi connectivity index (χ4n) is 3.15. The molecule has 158 valence electrons. The molecule has 0 aliphatic carbocycles. The van der Waals surface area contributed by atoms with Gasteiger partial charge in [-0.25, -0.2) is 9.18 Å². The number of rotatable bonds is 10. The Labute approximate surface area is 162 Å². The molecule has 1 unspecified atom stereocenters. The van der Waals surface area contributed by atoms with Crippen LogP contribution in [0.1, 0.15) is 51.7 Å². The van der Waals surface area contributed by atoms with Crippen LogP contribution < -0.4 is 17.2 Å². The van der Waals surface area contributed by atoms with E-state index in [1.807, 2.05) is 0 Å². The molecular weight excluding hydrogens is 371 g/mol. The number of halogens is 1. The third-order valence-electron chi connectivity index (χ3n) is 4.90. The van der Waals surface area contributed by atoms with Gasteiger partial charge in [-0.15, -0.1) is 0 Å². The number of ether oxygens (including phenoxy) is 2. The molecule has 0 bridgehead atoms. The molecule has 1 aromatic heterocycles. The van der Waals surface area contributed by atoms with Gasteiger partial charge in [0.2, 0.25) is 0 Å². The predicted octanol–water partition coefficient (Wildman–Crippen LogP) is 0.655. The van der Waals surface area contributed by atoms with Crippen LogP contribution in [0.4, 0.5) is 10.2 Å². The van der Waals surface area contributed by atoms with E-state index < -0.39 is 42.4 Å². The largest absolute Gasteiger partial charge is 0.462 e. The van der Waals surface area contributed by atoms with Gasteiger partial charge in [0.05, 0.1) is 0 Å². The zero-order valence-electron chi connectivity index (χ0n) is 16.1. The Bertz CT molecular complexity index is 715. The maximum absolute atomic E-state index is 14.7. The second-order valence-electron chi connectivity index (χ2n) is 7.03. The van der Waals surface area contributed by atoms with E-state index in [0.717, 1.165) is 30.3 Å². The second-order valence-corrected chi connectivity index (χ2v) is 7.03. The van der Waals surface area contributed by atoms with Crippen molar-refractivity contribution in [3.05, 3.63) is 22.7 Å². The summed E-state index contributed by atoms with van der Waals surface area (Å²) < 4.78 is 26.3. The molecule has 1 fully saturated rings. The Kier molecular flexibility index (Phi) is 7.90. The summed E-state index contributed by atoms with van der Waals surface area (Å²) in [5, 5.41) is 10.3. The molecule has 1 aromatic rings. The van der Waals surface area contributed by atoms with Gasteiger partial charge in [-0.05, 0) is 12.5 Å². The number of carbonyl (C=O) groups excluding carboxylic acids is 1. The van der Waals surface area contributed by atoms with E-state index in [1.165, 1.54) is 12.3 Å². The van der Waals surface area contributed by atoms with Gasteiger partial charge in [0.25, 0.3) is 0 Å². The van der Waals surface area contributed by atoms with Crippen molar-refractivity contribution in [1.82, 2.24) is 9.55 Å². The molecule has 5 N–H and O–H groups in total. The third kappa shape index (κ3) is 5.06. The molecule has 0 aromatic carbocycles. The highest BCUT2D eigenvalue weighted by atomic mass is 19.1. The number of unbranched alkanes of at least 4 members (excludes halogenated alkanes) is 4. The number of nitrogens with zero attached hydrogens (tertiary/aromatic N) is 2. The molecule has 2 heterocycles. The lowest BCUT2D eigenvalue weighted by atomic mass is 9.97. The summed E-state index contributed by atoms with van der Waals surface area (Å²) in [5.41, 5.74) is 8.66. The highest BCUT2D eigenvalue weighted by Crippen LogP contribution is 2.38. The average molecular weight is 400 g/mol. The van der Waals surface area contributed by atoms with E-state index >= 15 is 0 Å². The Morgan fingerprint density at radius 3 is 2.79 bits per heavy atom. The number of nitrogen functional groups attached to an aromatic ring is 1. The van der Waals surface area contributed by atoms with Crippen LogP contribution in [0.25, 0.3) is 0 Å². The molecule has 28 heavy (non-hydrogen) atoms. The van der Waals surface area contributed by atoms with E-state index in [2.05, 4.69) is 11.9 Å². The van der Waals surface area contributed by atoms with Gasteiger partial charge in [0.15, 0.2) is 12.4 Å². The Balaban J connectivity index is 1.99. The number of hydrogen-bond donors (Lipinski definition) is 3. The maximum Gasteiger partial charge on any atom is 0.351 e. The molecule has 1 saturated heterocycles. The number of alkyl halides is 1. The average Bonchev–Trinajstić information content (AvgIpc) is 2.92. The van der Waals surface area contributed by atoms with Crippen LogP contribution in [0.3, 0.4) is 0 Å². The summed E-state index contributed by atoms with van der Waals surface area (Å²) in [6.07, 6.45) is 1.25. The number of carbonyl (C=O) groups is 1. The summed E-state index contributed by atoms with van der Waals surface area (Å²) >= 11 is 0. The number of nitrogens with two attached hydrogens (primary N) is 2. The molecule has 9 nitrogen and oxygen atoms in total. The lowest BCUT2D eigenvalue weighted by molar-refractivity contribution is -0.164. The van der Waals surface area contributed by atoms with E-state index in [9.17, 15) is 19.1 Å². The number of esters is 1.